The summed E-state index contributed by atoms with van der Waals surface area (Å²) in [5, 5.41) is -0.700. The van der Waals surface area contributed by atoms with Crippen LogP contribution in [0.1, 0.15) is 47.0 Å². The summed E-state index contributed by atoms with van der Waals surface area (Å²) in [5.41, 5.74) is 7.83. The Morgan fingerprint density at radius 1 is 1.29 bits per heavy atom. The fourth-order valence-electron chi connectivity index (χ4n) is 2.57. The Kier molecular flexibility index (Phi) is 4.06. The van der Waals surface area contributed by atoms with Gasteiger partial charge in [0.05, 0.1) is 5.25 Å². The average molecular weight is 261 g/mol. The molecule has 0 bridgehead atoms. The van der Waals surface area contributed by atoms with E-state index in [9.17, 15) is 13.0 Å². The van der Waals surface area contributed by atoms with Crippen LogP contribution in [-0.4, -0.2) is 23.8 Å². The third-order valence-electron chi connectivity index (χ3n) is 3.50. The molecule has 0 amide bonds. The molecular formula is C12H23NO3S. The lowest BCUT2D eigenvalue weighted by Crippen LogP contribution is -2.41. The van der Waals surface area contributed by atoms with Gasteiger partial charge in [0.15, 0.2) is 0 Å². The van der Waals surface area contributed by atoms with Gasteiger partial charge >= 0.3 is 0 Å². The molecule has 0 aromatic rings. The van der Waals surface area contributed by atoms with Gasteiger partial charge in [-0.25, -0.2) is 0 Å². The molecular weight excluding hydrogens is 238 g/mol. The molecule has 2 atom stereocenters. The van der Waals surface area contributed by atoms with Crippen LogP contribution in [0.3, 0.4) is 0 Å². The van der Waals surface area contributed by atoms with Crippen molar-refractivity contribution in [3.8, 4) is 0 Å². The molecule has 0 heterocycles. The number of nitrogens with two attached hydrogens (primary N) is 1. The van der Waals surface area contributed by atoms with E-state index in [1.165, 1.54) is 5.57 Å². The van der Waals surface area contributed by atoms with E-state index in [0.717, 1.165) is 5.57 Å². The molecule has 100 valence electrons. The van der Waals surface area contributed by atoms with Crippen molar-refractivity contribution in [2.75, 3.05) is 0 Å². The Morgan fingerprint density at radius 2 is 1.76 bits per heavy atom. The van der Waals surface area contributed by atoms with Crippen molar-refractivity contribution in [3.63, 3.8) is 0 Å². The largest absolute Gasteiger partial charge is 0.326 e. The summed E-state index contributed by atoms with van der Waals surface area (Å²) in [6, 6.07) is 0. The van der Waals surface area contributed by atoms with Crippen molar-refractivity contribution < 1.29 is 13.0 Å². The molecule has 0 radical (unpaired) electrons. The first-order chi connectivity index (χ1) is 7.50. The van der Waals surface area contributed by atoms with E-state index in [1.54, 1.807) is 0 Å². The van der Waals surface area contributed by atoms with Gasteiger partial charge in [0.1, 0.15) is 0 Å². The number of rotatable bonds is 3. The highest BCUT2D eigenvalue weighted by atomic mass is 32.2. The Labute approximate surface area is 104 Å². The summed E-state index contributed by atoms with van der Waals surface area (Å²) in [6.45, 7) is 7.71. The Hall–Kier alpha value is -0.390. The zero-order valence-electron chi connectivity index (χ0n) is 11.0. The van der Waals surface area contributed by atoms with Gasteiger partial charge in [-0.1, -0.05) is 11.1 Å². The first-order valence-corrected chi connectivity index (χ1v) is 7.41. The van der Waals surface area contributed by atoms with Crippen molar-refractivity contribution in [1.82, 2.24) is 0 Å². The van der Waals surface area contributed by atoms with Crippen molar-refractivity contribution >= 4 is 10.1 Å². The van der Waals surface area contributed by atoms with Gasteiger partial charge in [-0.2, -0.15) is 8.42 Å². The monoisotopic (exact) mass is 261 g/mol. The molecule has 0 spiro atoms. The lowest BCUT2D eigenvalue weighted by Gasteiger charge is -2.34. The Bertz CT molecular complexity index is 418. The molecule has 1 rings (SSSR count). The first kappa shape index (κ1) is 14.7. The Morgan fingerprint density at radius 3 is 2.18 bits per heavy atom. The van der Waals surface area contributed by atoms with Crippen LogP contribution in [-0.2, 0) is 10.1 Å². The molecule has 0 aromatic heterocycles. The number of allylic oxidation sites excluding steroid dienone is 2. The summed E-state index contributed by atoms with van der Waals surface area (Å²) in [7, 11) is -3.99. The number of hydrogen-bond donors (Lipinski definition) is 2. The highest BCUT2D eigenvalue weighted by molar-refractivity contribution is 7.86. The summed E-state index contributed by atoms with van der Waals surface area (Å²) < 4.78 is 32.2. The molecule has 0 aliphatic heterocycles. The second kappa shape index (κ2) is 4.71. The third kappa shape index (κ3) is 4.08. The van der Waals surface area contributed by atoms with Crippen LogP contribution in [0.5, 0.6) is 0 Å². The molecule has 1 aliphatic rings. The summed E-state index contributed by atoms with van der Waals surface area (Å²) in [6.07, 6.45) is 1.73. The molecule has 0 saturated heterocycles. The zero-order valence-corrected chi connectivity index (χ0v) is 11.8. The van der Waals surface area contributed by atoms with E-state index < -0.39 is 20.9 Å². The van der Waals surface area contributed by atoms with Gasteiger partial charge in [0, 0.05) is 5.54 Å². The SMILES string of the molecule is CC1=C(C)CC(S(=O)(=O)O)C(CC(C)(C)N)C1. The second-order valence-corrected chi connectivity index (χ2v) is 7.61. The zero-order chi connectivity index (χ0) is 13.4. The quantitative estimate of drug-likeness (QED) is 0.602. The molecule has 3 N–H and O–H groups in total. The molecule has 0 fully saturated rings. The molecule has 5 heteroatoms. The van der Waals surface area contributed by atoms with Gasteiger partial charge < -0.3 is 5.73 Å². The standard InChI is InChI=1S/C12H23NO3S/c1-8-5-10(7-12(3,4)13)11(6-9(8)2)17(14,15)16/h10-11H,5-7,13H2,1-4H3,(H,14,15,16). The maximum Gasteiger partial charge on any atom is 0.268 e. The van der Waals surface area contributed by atoms with E-state index >= 15 is 0 Å². The van der Waals surface area contributed by atoms with E-state index in [-0.39, 0.29) is 5.92 Å². The van der Waals surface area contributed by atoms with Crippen molar-refractivity contribution in [1.29, 1.82) is 0 Å². The first-order valence-electron chi connectivity index (χ1n) is 5.91. The average Bonchev–Trinajstić information content (AvgIpc) is 2.06. The minimum atomic E-state index is -3.99. The molecule has 1 aliphatic carbocycles. The van der Waals surface area contributed by atoms with Crippen LogP contribution in [0.25, 0.3) is 0 Å². The smallest absolute Gasteiger partial charge is 0.268 e. The van der Waals surface area contributed by atoms with E-state index in [0.29, 0.717) is 19.3 Å². The van der Waals surface area contributed by atoms with Crippen molar-refractivity contribution in [2.24, 2.45) is 11.7 Å². The highest BCUT2D eigenvalue weighted by Crippen LogP contribution is 2.36. The minimum absolute atomic E-state index is 0.0892. The van der Waals surface area contributed by atoms with Gasteiger partial charge in [0.2, 0.25) is 0 Å². The fraction of sp³-hybridized carbons (Fsp3) is 0.833. The van der Waals surface area contributed by atoms with Crippen molar-refractivity contribution in [3.05, 3.63) is 11.1 Å². The molecule has 2 unspecified atom stereocenters. The van der Waals surface area contributed by atoms with Crippen LogP contribution in [0.4, 0.5) is 0 Å². The highest BCUT2D eigenvalue weighted by Gasteiger charge is 2.37. The number of hydrogen-bond acceptors (Lipinski definition) is 3. The lowest BCUT2D eigenvalue weighted by atomic mass is 9.78. The van der Waals surface area contributed by atoms with Crippen LogP contribution < -0.4 is 5.73 Å². The molecule has 17 heavy (non-hydrogen) atoms. The Balaban J connectivity index is 3.00. The van der Waals surface area contributed by atoms with Gasteiger partial charge in [-0.3, -0.25) is 4.55 Å². The van der Waals surface area contributed by atoms with Crippen LogP contribution in [0.2, 0.25) is 0 Å². The topological polar surface area (TPSA) is 80.4 Å². The fourth-order valence-corrected chi connectivity index (χ4v) is 3.71. The summed E-state index contributed by atoms with van der Waals surface area (Å²) in [5.74, 6) is -0.0892. The summed E-state index contributed by atoms with van der Waals surface area (Å²) in [4.78, 5) is 0. The van der Waals surface area contributed by atoms with Crippen LogP contribution >= 0.6 is 0 Å². The van der Waals surface area contributed by atoms with Crippen molar-refractivity contribution in [2.45, 2.75) is 57.7 Å². The molecule has 0 saturated carbocycles. The third-order valence-corrected chi connectivity index (χ3v) is 4.82. The van der Waals surface area contributed by atoms with Gasteiger partial charge in [0.25, 0.3) is 10.1 Å². The molecule has 4 nitrogen and oxygen atoms in total. The van der Waals surface area contributed by atoms with Gasteiger partial charge in [-0.15, -0.1) is 0 Å². The van der Waals surface area contributed by atoms with Crippen LogP contribution in [0, 0.1) is 5.92 Å². The van der Waals surface area contributed by atoms with E-state index in [4.69, 9.17) is 5.73 Å². The normalized spacial score (nSPS) is 27.4. The maximum absolute atomic E-state index is 11.4. The van der Waals surface area contributed by atoms with E-state index in [2.05, 4.69) is 0 Å². The lowest BCUT2D eigenvalue weighted by molar-refractivity contribution is 0.319. The minimum Gasteiger partial charge on any atom is -0.326 e. The van der Waals surface area contributed by atoms with Crippen LogP contribution in [0.15, 0.2) is 11.1 Å². The molecule has 0 aromatic carbocycles. The maximum atomic E-state index is 11.4. The predicted molar refractivity (Wildman–Crippen MR) is 69.3 cm³/mol. The van der Waals surface area contributed by atoms with E-state index in [1.807, 2.05) is 27.7 Å². The summed E-state index contributed by atoms with van der Waals surface area (Å²) >= 11 is 0. The second-order valence-electron chi connectivity index (χ2n) is 5.98. The predicted octanol–water partition coefficient (Wildman–Crippen LogP) is 2.12. The van der Waals surface area contributed by atoms with Gasteiger partial charge in [-0.05, 0) is 52.9 Å².